The normalized spacial score (nSPS) is 49.4. The van der Waals surface area contributed by atoms with Crippen molar-refractivity contribution in [3.8, 4) is 0 Å². The molecule has 0 radical (unpaired) electrons. The number of aliphatic hydroxyl groups is 1. The van der Waals surface area contributed by atoms with Gasteiger partial charge in [0, 0.05) is 5.25 Å². The highest BCUT2D eigenvalue weighted by Gasteiger charge is 2.84. The second-order valence-corrected chi connectivity index (χ2v) is 8.36. The lowest BCUT2D eigenvalue weighted by atomic mass is 9.76. The van der Waals surface area contributed by atoms with Crippen molar-refractivity contribution in [2.45, 2.75) is 58.7 Å². The standard InChI is InChI=1S/C14H20OS2/c1-3-5-6-9-13-12(8-4-2)11(16-12)7-10-14(13,15)17-13/h4,7,10-11,15H,2-3,5-6,8-9H2,1H3. The molecule has 17 heavy (non-hydrogen) atoms. The molecule has 2 aliphatic heterocycles. The molecule has 2 fully saturated rings. The molecule has 1 nitrogen and oxygen atoms in total. The first-order valence-corrected chi connectivity index (χ1v) is 8.24. The molecule has 0 aromatic rings. The van der Waals surface area contributed by atoms with Gasteiger partial charge in [-0.1, -0.05) is 38.3 Å². The van der Waals surface area contributed by atoms with Gasteiger partial charge < -0.3 is 5.11 Å². The van der Waals surface area contributed by atoms with Crippen LogP contribution in [0.25, 0.3) is 0 Å². The fraction of sp³-hybridized carbons (Fsp3) is 0.714. The Labute approximate surface area is 112 Å². The molecule has 0 aromatic carbocycles. The van der Waals surface area contributed by atoms with Crippen LogP contribution >= 0.6 is 23.5 Å². The highest BCUT2D eigenvalue weighted by atomic mass is 32.2. The average Bonchev–Trinajstić information content (AvgIpc) is 3.13. The van der Waals surface area contributed by atoms with Gasteiger partial charge >= 0.3 is 0 Å². The molecule has 3 rings (SSSR count). The monoisotopic (exact) mass is 268 g/mol. The summed E-state index contributed by atoms with van der Waals surface area (Å²) in [5.74, 6) is 0. The summed E-state index contributed by atoms with van der Waals surface area (Å²) in [6.45, 7) is 6.14. The maximum Gasteiger partial charge on any atom is 0.146 e. The summed E-state index contributed by atoms with van der Waals surface area (Å²) in [5.41, 5.74) is 0. The van der Waals surface area contributed by atoms with E-state index in [1.807, 2.05) is 17.8 Å². The zero-order valence-corrected chi connectivity index (χ0v) is 11.9. The van der Waals surface area contributed by atoms with Gasteiger partial charge in [0.15, 0.2) is 0 Å². The van der Waals surface area contributed by atoms with Crippen LogP contribution in [0.1, 0.15) is 39.0 Å². The third-order valence-electron chi connectivity index (χ3n) is 4.37. The summed E-state index contributed by atoms with van der Waals surface area (Å²) in [4.78, 5) is -0.566. The van der Waals surface area contributed by atoms with E-state index < -0.39 is 4.93 Å². The quantitative estimate of drug-likeness (QED) is 0.450. The van der Waals surface area contributed by atoms with Crippen molar-refractivity contribution in [1.82, 2.24) is 0 Å². The van der Waals surface area contributed by atoms with Gasteiger partial charge in [-0.2, -0.15) is 0 Å². The van der Waals surface area contributed by atoms with Crippen molar-refractivity contribution < 1.29 is 5.11 Å². The van der Waals surface area contributed by atoms with E-state index in [0.29, 0.717) is 5.25 Å². The Morgan fingerprint density at radius 3 is 3.00 bits per heavy atom. The topological polar surface area (TPSA) is 20.2 Å². The molecule has 0 bridgehead atoms. The summed E-state index contributed by atoms with van der Waals surface area (Å²) in [5, 5.41) is 11.2. The molecule has 2 saturated heterocycles. The van der Waals surface area contributed by atoms with Crippen LogP contribution in [0.3, 0.4) is 0 Å². The lowest BCUT2D eigenvalue weighted by Gasteiger charge is -2.28. The van der Waals surface area contributed by atoms with Crippen LogP contribution in [0.4, 0.5) is 0 Å². The van der Waals surface area contributed by atoms with Crippen molar-refractivity contribution in [3.05, 3.63) is 24.8 Å². The summed E-state index contributed by atoms with van der Waals surface area (Å²) >= 11 is 3.83. The van der Waals surface area contributed by atoms with Crippen LogP contribution in [0.2, 0.25) is 0 Å². The molecule has 0 saturated carbocycles. The third-order valence-corrected chi connectivity index (χ3v) is 8.06. The number of hydrogen-bond acceptors (Lipinski definition) is 3. The fourth-order valence-corrected chi connectivity index (χ4v) is 6.93. The van der Waals surface area contributed by atoms with Crippen LogP contribution in [0.5, 0.6) is 0 Å². The number of fused-ring (bicyclic) bond motifs is 3. The largest absolute Gasteiger partial charge is 0.374 e. The van der Waals surface area contributed by atoms with E-state index in [-0.39, 0.29) is 9.49 Å². The van der Waals surface area contributed by atoms with E-state index in [1.54, 1.807) is 11.8 Å². The van der Waals surface area contributed by atoms with Gasteiger partial charge in [-0.05, 0) is 18.9 Å². The lowest BCUT2D eigenvalue weighted by molar-refractivity contribution is 0.159. The van der Waals surface area contributed by atoms with Crippen LogP contribution < -0.4 is 0 Å². The molecule has 94 valence electrons. The summed E-state index contributed by atoms with van der Waals surface area (Å²) in [7, 11) is 0. The van der Waals surface area contributed by atoms with E-state index in [4.69, 9.17) is 0 Å². The maximum atomic E-state index is 10.6. The number of rotatable bonds is 6. The zero-order chi connectivity index (χ0) is 12.1. The van der Waals surface area contributed by atoms with Crippen LogP contribution in [-0.4, -0.2) is 24.8 Å². The van der Waals surface area contributed by atoms with Crippen LogP contribution in [0.15, 0.2) is 24.8 Å². The molecule has 4 atom stereocenters. The van der Waals surface area contributed by atoms with Gasteiger partial charge in [0.05, 0.1) is 9.49 Å². The first-order chi connectivity index (χ1) is 8.14. The lowest BCUT2D eigenvalue weighted by Crippen LogP contribution is -2.42. The van der Waals surface area contributed by atoms with Gasteiger partial charge in [-0.25, -0.2) is 0 Å². The predicted octanol–water partition coefficient (Wildman–Crippen LogP) is 3.74. The second-order valence-electron chi connectivity index (χ2n) is 5.36. The Morgan fingerprint density at radius 2 is 2.29 bits per heavy atom. The highest BCUT2D eigenvalue weighted by molar-refractivity contribution is 8.15. The fourth-order valence-electron chi connectivity index (χ4n) is 3.34. The first kappa shape index (κ1) is 12.2. The van der Waals surface area contributed by atoms with Crippen molar-refractivity contribution in [3.63, 3.8) is 0 Å². The molecule has 2 heterocycles. The molecule has 4 unspecified atom stereocenters. The molecule has 3 heteroatoms. The van der Waals surface area contributed by atoms with E-state index in [1.165, 1.54) is 19.3 Å². The van der Waals surface area contributed by atoms with E-state index in [9.17, 15) is 5.11 Å². The van der Waals surface area contributed by atoms with Crippen molar-refractivity contribution in [2.24, 2.45) is 0 Å². The van der Waals surface area contributed by atoms with Crippen molar-refractivity contribution in [1.29, 1.82) is 0 Å². The van der Waals surface area contributed by atoms with E-state index in [2.05, 4.69) is 25.7 Å². The molecule has 0 amide bonds. The highest BCUT2D eigenvalue weighted by Crippen LogP contribution is 2.83. The van der Waals surface area contributed by atoms with Crippen LogP contribution in [0, 0.1) is 0 Å². The number of hydrogen-bond donors (Lipinski definition) is 1. The third kappa shape index (κ3) is 1.45. The second kappa shape index (κ2) is 3.82. The molecule has 0 spiro atoms. The van der Waals surface area contributed by atoms with Crippen LogP contribution in [-0.2, 0) is 0 Å². The molecular formula is C14H20OS2. The molecule has 1 aliphatic carbocycles. The Bertz CT molecular complexity index is 380. The Morgan fingerprint density at radius 1 is 1.47 bits per heavy atom. The number of thioether (sulfide) groups is 2. The van der Waals surface area contributed by atoms with Crippen molar-refractivity contribution in [2.75, 3.05) is 0 Å². The smallest absolute Gasteiger partial charge is 0.146 e. The molecule has 3 aliphatic rings. The minimum Gasteiger partial charge on any atom is -0.374 e. The average molecular weight is 268 g/mol. The maximum absolute atomic E-state index is 10.6. The summed E-state index contributed by atoms with van der Waals surface area (Å²) in [6.07, 6.45) is 12.3. The van der Waals surface area contributed by atoms with Gasteiger partial charge in [0.25, 0.3) is 0 Å². The number of unbranched alkanes of at least 4 members (excludes halogenated alkanes) is 2. The van der Waals surface area contributed by atoms with Gasteiger partial charge in [0.1, 0.15) is 4.93 Å². The van der Waals surface area contributed by atoms with E-state index in [0.717, 1.165) is 12.8 Å². The molecular weight excluding hydrogens is 248 g/mol. The first-order valence-electron chi connectivity index (χ1n) is 6.55. The summed E-state index contributed by atoms with van der Waals surface area (Å²) < 4.78 is 0.351. The minimum atomic E-state index is -0.566. The predicted molar refractivity (Wildman–Crippen MR) is 77.5 cm³/mol. The Kier molecular flexibility index (Phi) is 2.74. The Balaban J connectivity index is 1.82. The SMILES string of the molecule is C=CCC12SC1C=CC1(O)SC12CCCCC. The molecule has 1 N–H and O–H groups in total. The van der Waals surface area contributed by atoms with Gasteiger partial charge in [0.2, 0.25) is 0 Å². The molecule has 0 aromatic heterocycles. The van der Waals surface area contributed by atoms with Crippen molar-refractivity contribution >= 4 is 23.5 Å². The minimum absolute atomic E-state index is 0.0907. The van der Waals surface area contributed by atoms with Gasteiger partial charge in [-0.3, -0.25) is 0 Å². The number of allylic oxidation sites excluding steroid dienone is 1. The van der Waals surface area contributed by atoms with Gasteiger partial charge in [-0.15, -0.1) is 30.1 Å². The zero-order valence-electron chi connectivity index (χ0n) is 10.3. The summed E-state index contributed by atoms with van der Waals surface area (Å²) in [6, 6.07) is 0. The van der Waals surface area contributed by atoms with E-state index >= 15 is 0 Å². The Hall–Kier alpha value is 0.140.